The Morgan fingerprint density at radius 1 is 1.77 bits per heavy atom. The molecule has 1 unspecified atom stereocenters. The number of thiazole rings is 1. The summed E-state index contributed by atoms with van der Waals surface area (Å²) in [5.74, 6) is 0.0209. The molecule has 0 saturated carbocycles. The molecule has 1 rings (SSSR count). The van der Waals surface area contributed by atoms with Crippen molar-refractivity contribution in [1.29, 1.82) is 0 Å². The fourth-order valence-electron chi connectivity index (χ4n) is 0.896. The molecule has 4 heteroatoms. The van der Waals surface area contributed by atoms with Crippen LogP contribution in [0, 0.1) is 0 Å². The van der Waals surface area contributed by atoms with Gasteiger partial charge in [-0.2, -0.15) is 0 Å². The van der Waals surface area contributed by atoms with Gasteiger partial charge in [0.15, 0.2) is 5.78 Å². The Morgan fingerprint density at radius 2 is 2.46 bits per heavy atom. The number of carbonyl (C=O) groups excluding carboxylic acids is 1. The molecule has 0 aliphatic heterocycles. The average molecular weight is 199 g/mol. The zero-order chi connectivity index (χ0) is 9.84. The fourth-order valence-corrected chi connectivity index (χ4v) is 1.84. The minimum absolute atomic E-state index is 0.0209. The van der Waals surface area contributed by atoms with Crippen molar-refractivity contribution < 1.29 is 9.53 Å². The van der Waals surface area contributed by atoms with E-state index in [1.807, 2.05) is 6.92 Å². The zero-order valence-electron chi connectivity index (χ0n) is 8.03. The molecule has 1 aromatic heterocycles. The van der Waals surface area contributed by atoms with E-state index in [1.54, 1.807) is 12.5 Å². The van der Waals surface area contributed by atoms with Crippen LogP contribution in [-0.2, 0) is 11.2 Å². The predicted molar refractivity (Wildman–Crippen MR) is 52.3 cm³/mol. The maximum Gasteiger partial charge on any atom is 0.178 e. The van der Waals surface area contributed by atoms with Crippen LogP contribution in [0.3, 0.4) is 0 Å². The topological polar surface area (TPSA) is 39.2 Å². The van der Waals surface area contributed by atoms with Gasteiger partial charge in [0.05, 0.1) is 11.1 Å². The molecule has 72 valence electrons. The Balaban J connectivity index is 2.64. The predicted octanol–water partition coefficient (Wildman–Crippen LogP) is 1.92. The fraction of sp³-hybridized carbons (Fsp3) is 0.556. The van der Waals surface area contributed by atoms with Crippen molar-refractivity contribution in [3.05, 3.63) is 16.1 Å². The third-order valence-electron chi connectivity index (χ3n) is 1.78. The van der Waals surface area contributed by atoms with Crippen molar-refractivity contribution in [2.24, 2.45) is 0 Å². The maximum atomic E-state index is 10.9. The number of ketones is 1. The lowest BCUT2D eigenvalue weighted by molar-refractivity contribution is 0.101. The Labute approximate surface area is 81.8 Å². The van der Waals surface area contributed by atoms with E-state index in [4.69, 9.17) is 4.74 Å². The minimum Gasteiger partial charge on any atom is -0.381 e. The second kappa shape index (κ2) is 4.48. The van der Waals surface area contributed by atoms with E-state index < -0.39 is 0 Å². The molecule has 0 fully saturated rings. The number of hydrogen-bond donors (Lipinski definition) is 0. The van der Waals surface area contributed by atoms with Crippen LogP contribution in [0.1, 0.15) is 29.3 Å². The van der Waals surface area contributed by atoms with E-state index in [0.29, 0.717) is 5.69 Å². The van der Waals surface area contributed by atoms with Gasteiger partial charge in [-0.05, 0) is 6.92 Å². The Morgan fingerprint density at radius 3 is 2.92 bits per heavy atom. The van der Waals surface area contributed by atoms with Crippen LogP contribution in [0.25, 0.3) is 0 Å². The van der Waals surface area contributed by atoms with Crippen LogP contribution in [0.2, 0.25) is 0 Å². The number of hydrogen-bond acceptors (Lipinski definition) is 4. The highest BCUT2D eigenvalue weighted by Gasteiger charge is 2.08. The van der Waals surface area contributed by atoms with Gasteiger partial charge in [0.25, 0.3) is 0 Å². The largest absolute Gasteiger partial charge is 0.381 e. The molecule has 0 spiro atoms. The van der Waals surface area contributed by atoms with Crippen molar-refractivity contribution in [2.75, 3.05) is 7.11 Å². The standard InChI is InChI=1S/C9H13NO2S/c1-6(12-3)4-9-10-8(5-13-9)7(2)11/h5-6H,4H2,1-3H3. The lowest BCUT2D eigenvalue weighted by atomic mass is 10.3. The van der Waals surface area contributed by atoms with Gasteiger partial charge in [0.2, 0.25) is 0 Å². The summed E-state index contributed by atoms with van der Waals surface area (Å²) in [6, 6.07) is 0. The van der Waals surface area contributed by atoms with Crippen LogP contribution >= 0.6 is 11.3 Å². The van der Waals surface area contributed by atoms with Gasteiger partial charge in [-0.1, -0.05) is 0 Å². The molecule has 0 aliphatic rings. The van der Waals surface area contributed by atoms with Crippen molar-refractivity contribution in [3.8, 4) is 0 Å². The Hall–Kier alpha value is -0.740. The number of Topliss-reactive ketones (excluding diaryl/α,β-unsaturated/α-hetero) is 1. The van der Waals surface area contributed by atoms with Gasteiger partial charge in [-0.25, -0.2) is 4.98 Å². The molecule has 0 N–H and O–H groups in total. The summed E-state index contributed by atoms with van der Waals surface area (Å²) in [4.78, 5) is 15.1. The van der Waals surface area contributed by atoms with Crippen molar-refractivity contribution in [1.82, 2.24) is 4.98 Å². The van der Waals surface area contributed by atoms with Crippen LogP contribution in [0.5, 0.6) is 0 Å². The van der Waals surface area contributed by atoms with E-state index in [-0.39, 0.29) is 11.9 Å². The summed E-state index contributed by atoms with van der Waals surface area (Å²) in [6.07, 6.45) is 0.931. The summed E-state index contributed by atoms with van der Waals surface area (Å²) in [7, 11) is 1.67. The molecule has 0 bridgehead atoms. The second-order valence-corrected chi connectivity index (χ2v) is 3.88. The van der Waals surface area contributed by atoms with Crippen molar-refractivity contribution in [2.45, 2.75) is 26.4 Å². The van der Waals surface area contributed by atoms with Gasteiger partial charge < -0.3 is 4.74 Å². The van der Waals surface area contributed by atoms with Crippen molar-refractivity contribution >= 4 is 17.1 Å². The average Bonchev–Trinajstić information content (AvgIpc) is 2.52. The first-order valence-electron chi connectivity index (χ1n) is 4.11. The molecule has 3 nitrogen and oxygen atoms in total. The third-order valence-corrected chi connectivity index (χ3v) is 2.65. The molecule has 1 heterocycles. The number of aromatic nitrogens is 1. The third kappa shape index (κ3) is 2.90. The second-order valence-electron chi connectivity index (χ2n) is 2.93. The first-order valence-corrected chi connectivity index (χ1v) is 4.99. The van der Waals surface area contributed by atoms with E-state index in [1.165, 1.54) is 18.3 Å². The molecule has 1 atom stereocenters. The maximum absolute atomic E-state index is 10.9. The van der Waals surface area contributed by atoms with Gasteiger partial charge in [-0.15, -0.1) is 11.3 Å². The Kier molecular flexibility index (Phi) is 3.57. The van der Waals surface area contributed by atoms with Crippen LogP contribution in [-0.4, -0.2) is 24.0 Å². The van der Waals surface area contributed by atoms with E-state index in [9.17, 15) is 4.79 Å². The first-order chi connectivity index (χ1) is 6.13. The molecule has 0 aliphatic carbocycles. The number of nitrogens with zero attached hydrogens (tertiary/aromatic N) is 1. The number of ether oxygens (including phenoxy) is 1. The molecule has 1 aromatic rings. The Bertz CT molecular complexity index is 296. The van der Waals surface area contributed by atoms with Gasteiger partial charge in [0.1, 0.15) is 5.69 Å². The molecular formula is C9H13NO2S. The quantitative estimate of drug-likeness (QED) is 0.695. The molecule has 0 amide bonds. The lowest BCUT2D eigenvalue weighted by Crippen LogP contribution is -2.08. The number of methoxy groups -OCH3 is 1. The highest BCUT2D eigenvalue weighted by Crippen LogP contribution is 2.13. The summed E-state index contributed by atoms with van der Waals surface area (Å²) in [5, 5.41) is 2.75. The van der Waals surface area contributed by atoms with Gasteiger partial charge in [0, 0.05) is 25.8 Å². The van der Waals surface area contributed by atoms with Crippen LogP contribution in [0.15, 0.2) is 5.38 Å². The van der Waals surface area contributed by atoms with E-state index in [0.717, 1.165) is 11.4 Å². The normalized spacial score (nSPS) is 12.8. The summed E-state index contributed by atoms with van der Waals surface area (Å²) < 4.78 is 5.11. The molecular weight excluding hydrogens is 186 g/mol. The summed E-state index contributed by atoms with van der Waals surface area (Å²) >= 11 is 1.51. The zero-order valence-corrected chi connectivity index (χ0v) is 8.85. The van der Waals surface area contributed by atoms with Gasteiger partial charge >= 0.3 is 0 Å². The number of rotatable bonds is 4. The summed E-state index contributed by atoms with van der Waals surface area (Å²) in [5.41, 5.74) is 0.559. The smallest absolute Gasteiger partial charge is 0.178 e. The van der Waals surface area contributed by atoms with Crippen LogP contribution in [0.4, 0.5) is 0 Å². The first kappa shape index (κ1) is 10.3. The van der Waals surface area contributed by atoms with E-state index >= 15 is 0 Å². The molecule has 0 aromatic carbocycles. The lowest BCUT2D eigenvalue weighted by Gasteiger charge is -2.05. The highest BCUT2D eigenvalue weighted by molar-refractivity contribution is 7.09. The molecule has 0 saturated heterocycles. The van der Waals surface area contributed by atoms with E-state index in [2.05, 4.69) is 4.98 Å². The molecule has 0 radical (unpaired) electrons. The van der Waals surface area contributed by atoms with Crippen LogP contribution < -0.4 is 0 Å². The SMILES string of the molecule is COC(C)Cc1nc(C(C)=O)cs1. The van der Waals surface area contributed by atoms with Gasteiger partial charge in [-0.3, -0.25) is 4.79 Å². The monoisotopic (exact) mass is 199 g/mol. The molecule has 13 heavy (non-hydrogen) atoms. The minimum atomic E-state index is 0.0209. The highest BCUT2D eigenvalue weighted by atomic mass is 32.1. The summed E-state index contributed by atoms with van der Waals surface area (Å²) in [6.45, 7) is 3.51. The van der Waals surface area contributed by atoms with Crippen molar-refractivity contribution in [3.63, 3.8) is 0 Å². The number of carbonyl (C=O) groups is 1.